The summed E-state index contributed by atoms with van der Waals surface area (Å²) in [5, 5.41) is 2.86. The first-order chi connectivity index (χ1) is 15.9. The van der Waals surface area contributed by atoms with Crippen LogP contribution in [0.5, 0.6) is 11.5 Å². The number of likely N-dealkylation sites (N-methyl/N-ethyl adjacent to an activating group) is 1. The van der Waals surface area contributed by atoms with Gasteiger partial charge in [-0.25, -0.2) is 0 Å². The van der Waals surface area contributed by atoms with E-state index in [1.807, 2.05) is 67.4 Å². The molecule has 0 aliphatic carbocycles. The Morgan fingerprint density at radius 2 is 1.67 bits per heavy atom. The maximum Gasteiger partial charge on any atom is 0.248 e. The molecular weight excluding hydrogens is 418 g/mol. The fourth-order valence-electron chi connectivity index (χ4n) is 3.25. The smallest absolute Gasteiger partial charge is 0.248 e. The SMILES string of the molecule is COc1cc(CN(C)[C@@H](C)C(=O)Nc2ccc(C(N)=O)cc2)ccc1OCc1ccccc1. The summed E-state index contributed by atoms with van der Waals surface area (Å²) in [5.41, 5.74) is 8.31. The molecule has 0 radical (unpaired) electrons. The molecule has 172 valence electrons. The van der Waals surface area contributed by atoms with Crippen LogP contribution in [0.25, 0.3) is 0 Å². The van der Waals surface area contributed by atoms with Crippen molar-refractivity contribution in [2.45, 2.75) is 26.1 Å². The number of hydrogen-bond donors (Lipinski definition) is 2. The Hall–Kier alpha value is -3.84. The molecule has 0 saturated heterocycles. The zero-order valence-electron chi connectivity index (χ0n) is 19.1. The number of primary amides is 1. The summed E-state index contributed by atoms with van der Waals surface area (Å²) in [6.45, 7) is 2.83. The molecule has 1 atom stereocenters. The molecule has 3 N–H and O–H groups in total. The van der Waals surface area contributed by atoms with E-state index in [1.165, 1.54) is 0 Å². The lowest BCUT2D eigenvalue weighted by Crippen LogP contribution is -2.39. The minimum atomic E-state index is -0.507. The molecule has 0 bridgehead atoms. The Kier molecular flexibility index (Phi) is 8.05. The van der Waals surface area contributed by atoms with Crippen LogP contribution in [0, 0.1) is 0 Å². The van der Waals surface area contributed by atoms with Gasteiger partial charge < -0.3 is 20.5 Å². The third kappa shape index (κ3) is 6.57. The molecule has 0 fully saturated rings. The fraction of sp³-hybridized carbons (Fsp3) is 0.231. The van der Waals surface area contributed by atoms with Gasteiger partial charge in [-0.05, 0) is 61.5 Å². The molecule has 33 heavy (non-hydrogen) atoms. The molecule has 3 aromatic rings. The largest absolute Gasteiger partial charge is 0.493 e. The number of benzene rings is 3. The Bertz CT molecular complexity index is 1080. The highest BCUT2D eigenvalue weighted by molar-refractivity contribution is 5.96. The minimum absolute atomic E-state index is 0.154. The number of nitrogens with zero attached hydrogens (tertiary/aromatic N) is 1. The van der Waals surface area contributed by atoms with Gasteiger partial charge in [-0.1, -0.05) is 36.4 Å². The zero-order chi connectivity index (χ0) is 23.8. The van der Waals surface area contributed by atoms with Crippen LogP contribution < -0.4 is 20.5 Å². The van der Waals surface area contributed by atoms with Crippen molar-refractivity contribution in [1.82, 2.24) is 4.90 Å². The predicted octanol–water partition coefficient (Wildman–Crippen LogP) is 3.83. The number of ether oxygens (including phenoxy) is 2. The third-order valence-electron chi connectivity index (χ3n) is 5.37. The molecule has 7 nitrogen and oxygen atoms in total. The van der Waals surface area contributed by atoms with Gasteiger partial charge in [-0.3, -0.25) is 14.5 Å². The van der Waals surface area contributed by atoms with E-state index in [0.29, 0.717) is 35.9 Å². The average molecular weight is 448 g/mol. The van der Waals surface area contributed by atoms with E-state index in [0.717, 1.165) is 11.1 Å². The number of hydrogen-bond acceptors (Lipinski definition) is 5. The highest BCUT2D eigenvalue weighted by Crippen LogP contribution is 2.29. The van der Waals surface area contributed by atoms with Gasteiger partial charge in [0.2, 0.25) is 11.8 Å². The molecule has 0 saturated carbocycles. The third-order valence-corrected chi connectivity index (χ3v) is 5.37. The van der Waals surface area contributed by atoms with Gasteiger partial charge in [-0.2, -0.15) is 0 Å². The van der Waals surface area contributed by atoms with Crippen LogP contribution in [0.2, 0.25) is 0 Å². The summed E-state index contributed by atoms with van der Waals surface area (Å²) in [4.78, 5) is 25.8. The van der Waals surface area contributed by atoms with Crippen molar-refractivity contribution in [3.8, 4) is 11.5 Å². The number of anilines is 1. The predicted molar refractivity (Wildman–Crippen MR) is 128 cm³/mol. The Morgan fingerprint density at radius 3 is 2.30 bits per heavy atom. The van der Waals surface area contributed by atoms with E-state index in [-0.39, 0.29) is 11.9 Å². The molecule has 0 heterocycles. The van der Waals surface area contributed by atoms with Crippen molar-refractivity contribution in [3.63, 3.8) is 0 Å². The average Bonchev–Trinajstić information content (AvgIpc) is 2.83. The van der Waals surface area contributed by atoms with Crippen LogP contribution >= 0.6 is 0 Å². The standard InChI is InChI=1S/C26H29N3O4/c1-18(26(31)28-22-12-10-21(11-13-22)25(27)30)29(2)16-20-9-14-23(24(15-20)32-3)33-17-19-7-5-4-6-8-19/h4-15,18H,16-17H2,1-3H3,(H2,27,30)(H,28,31)/t18-/m0/s1. The lowest BCUT2D eigenvalue weighted by atomic mass is 10.1. The monoisotopic (exact) mass is 447 g/mol. The normalized spacial score (nSPS) is 11.6. The van der Waals surface area contributed by atoms with Crippen molar-refractivity contribution < 1.29 is 19.1 Å². The number of nitrogens with one attached hydrogen (secondary N) is 1. The lowest BCUT2D eigenvalue weighted by molar-refractivity contribution is -0.120. The Balaban J connectivity index is 1.59. The summed E-state index contributed by atoms with van der Waals surface area (Å²) in [7, 11) is 3.49. The van der Waals surface area contributed by atoms with Crippen LogP contribution in [-0.4, -0.2) is 36.9 Å². The number of rotatable bonds is 10. The molecule has 0 unspecified atom stereocenters. The number of carbonyl (C=O) groups excluding carboxylic acids is 2. The molecule has 0 aliphatic rings. The van der Waals surface area contributed by atoms with E-state index in [1.54, 1.807) is 31.4 Å². The van der Waals surface area contributed by atoms with E-state index in [2.05, 4.69) is 5.32 Å². The second kappa shape index (κ2) is 11.2. The van der Waals surface area contributed by atoms with Crippen molar-refractivity contribution in [2.75, 3.05) is 19.5 Å². The van der Waals surface area contributed by atoms with E-state index < -0.39 is 5.91 Å². The van der Waals surface area contributed by atoms with E-state index in [9.17, 15) is 9.59 Å². The van der Waals surface area contributed by atoms with Gasteiger partial charge in [0.15, 0.2) is 11.5 Å². The van der Waals surface area contributed by atoms with Gasteiger partial charge in [-0.15, -0.1) is 0 Å². The van der Waals surface area contributed by atoms with Gasteiger partial charge in [0.1, 0.15) is 6.61 Å². The summed E-state index contributed by atoms with van der Waals surface area (Å²) in [5.74, 6) is 0.647. The molecule has 0 aromatic heterocycles. The van der Waals surface area contributed by atoms with Gasteiger partial charge in [0.05, 0.1) is 13.2 Å². The minimum Gasteiger partial charge on any atom is -0.493 e. The quantitative estimate of drug-likeness (QED) is 0.493. The van der Waals surface area contributed by atoms with Crippen LogP contribution in [0.4, 0.5) is 5.69 Å². The maximum absolute atomic E-state index is 12.7. The van der Waals surface area contributed by atoms with Crippen LogP contribution in [-0.2, 0) is 17.9 Å². The second-order valence-corrected chi connectivity index (χ2v) is 7.78. The van der Waals surface area contributed by atoms with Gasteiger partial charge in [0, 0.05) is 17.8 Å². The molecule has 3 rings (SSSR count). The van der Waals surface area contributed by atoms with Crippen molar-refractivity contribution in [3.05, 3.63) is 89.5 Å². The Labute approximate surface area is 194 Å². The van der Waals surface area contributed by atoms with Crippen molar-refractivity contribution in [1.29, 1.82) is 0 Å². The first-order valence-electron chi connectivity index (χ1n) is 10.6. The number of methoxy groups -OCH3 is 1. The molecule has 3 aromatic carbocycles. The molecule has 0 aliphatic heterocycles. The van der Waals surface area contributed by atoms with E-state index >= 15 is 0 Å². The number of amides is 2. The Morgan fingerprint density at radius 1 is 0.970 bits per heavy atom. The molecule has 7 heteroatoms. The van der Waals surface area contributed by atoms with Crippen LogP contribution in [0.3, 0.4) is 0 Å². The number of carbonyl (C=O) groups is 2. The summed E-state index contributed by atoms with van der Waals surface area (Å²) >= 11 is 0. The summed E-state index contributed by atoms with van der Waals surface area (Å²) in [6, 6.07) is 21.8. The topological polar surface area (TPSA) is 93.9 Å². The molecule has 0 spiro atoms. The second-order valence-electron chi connectivity index (χ2n) is 7.78. The maximum atomic E-state index is 12.7. The lowest BCUT2D eigenvalue weighted by Gasteiger charge is -2.24. The zero-order valence-corrected chi connectivity index (χ0v) is 19.1. The molecule has 2 amide bonds. The first-order valence-corrected chi connectivity index (χ1v) is 10.6. The summed E-state index contributed by atoms with van der Waals surface area (Å²) < 4.78 is 11.4. The van der Waals surface area contributed by atoms with Crippen LogP contribution in [0.15, 0.2) is 72.8 Å². The van der Waals surface area contributed by atoms with E-state index in [4.69, 9.17) is 15.2 Å². The number of nitrogens with two attached hydrogens (primary N) is 1. The summed E-state index contributed by atoms with van der Waals surface area (Å²) in [6.07, 6.45) is 0. The van der Waals surface area contributed by atoms with Gasteiger partial charge in [0.25, 0.3) is 0 Å². The molecular formula is C26H29N3O4. The highest BCUT2D eigenvalue weighted by atomic mass is 16.5. The highest BCUT2D eigenvalue weighted by Gasteiger charge is 2.19. The van der Waals surface area contributed by atoms with Crippen LogP contribution in [0.1, 0.15) is 28.4 Å². The van der Waals surface area contributed by atoms with Crippen molar-refractivity contribution in [2.24, 2.45) is 5.73 Å². The first kappa shape index (κ1) is 23.8. The van der Waals surface area contributed by atoms with Crippen molar-refractivity contribution >= 4 is 17.5 Å². The fourth-order valence-corrected chi connectivity index (χ4v) is 3.25. The van der Waals surface area contributed by atoms with Gasteiger partial charge >= 0.3 is 0 Å².